The van der Waals surface area contributed by atoms with E-state index in [1.54, 1.807) is 36.9 Å². The van der Waals surface area contributed by atoms with Crippen molar-refractivity contribution in [3.63, 3.8) is 0 Å². The van der Waals surface area contributed by atoms with Gasteiger partial charge in [0.05, 0.1) is 0 Å². The Bertz CT molecular complexity index is 819. The van der Waals surface area contributed by atoms with Crippen LogP contribution in [0, 0.1) is 5.82 Å². The maximum Gasteiger partial charge on any atom is 0.197 e. The fourth-order valence-electron chi connectivity index (χ4n) is 2.78. The zero-order valence-corrected chi connectivity index (χ0v) is 12.8. The molecule has 2 atom stereocenters. The highest BCUT2D eigenvalue weighted by Crippen LogP contribution is 2.54. The predicted octanol–water partition coefficient (Wildman–Crippen LogP) is 4.00. The average molecular weight is 327 g/mol. The van der Waals surface area contributed by atoms with E-state index in [-0.39, 0.29) is 11.7 Å². The molecule has 0 amide bonds. The van der Waals surface area contributed by atoms with Crippen molar-refractivity contribution in [2.24, 2.45) is 0 Å². The summed E-state index contributed by atoms with van der Waals surface area (Å²) >= 11 is 5.93. The maximum atomic E-state index is 13.5. The fraction of sp³-hybridized carbons (Fsp3) is 0.176. The zero-order valence-electron chi connectivity index (χ0n) is 12.0. The minimum atomic E-state index is -0.300. The van der Waals surface area contributed by atoms with Crippen molar-refractivity contribution in [1.29, 1.82) is 0 Å². The van der Waals surface area contributed by atoms with Gasteiger partial charge >= 0.3 is 0 Å². The minimum Gasteiger partial charge on any atom is -0.234 e. The van der Waals surface area contributed by atoms with Crippen LogP contribution in [0.2, 0.25) is 5.02 Å². The van der Waals surface area contributed by atoms with Gasteiger partial charge in [-0.3, -0.25) is 0 Å². The van der Waals surface area contributed by atoms with E-state index < -0.39 is 0 Å². The summed E-state index contributed by atoms with van der Waals surface area (Å²) in [6, 6.07) is 6.43. The van der Waals surface area contributed by atoms with E-state index in [2.05, 4.69) is 19.9 Å². The number of hydrogen-bond donors (Lipinski definition) is 0. The van der Waals surface area contributed by atoms with Gasteiger partial charge in [0.2, 0.25) is 0 Å². The first-order chi connectivity index (χ1) is 11.2. The quantitative estimate of drug-likeness (QED) is 0.730. The van der Waals surface area contributed by atoms with Gasteiger partial charge in [0, 0.05) is 29.8 Å². The van der Waals surface area contributed by atoms with Gasteiger partial charge in [-0.2, -0.15) is 0 Å². The molecule has 0 radical (unpaired) electrons. The molecule has 2 heterocycles. The number of benzene rings is 1. The summed E-state index contributed by atoms with van der Waals surface area (Å²) < 4.78 is 13.5. The Morgan fingerprint density at radius 1 is 0.870 bits per heavy atom. The van der Waals surface area contributed by atoms with Crippen LogP contribution in [0.15, 0.2) is 49.1 Å². The number of rotatable bonds is 3. The molecule has 1 aliphatic rings. The molecular weight excluding hydrogens is 315 g/mol. The van der Waals surface area contributed by atoms with Crippen molar-refractivity contribution in [3.05, 3.63) is 71.0 Å². The molecule has 1 aromatic carbocycles. The summed E-state index contributed by atoms with van der Waals surface area (Å²) in [4.78, 5) is 16.9. The van der Waals surface area contributed by atoms with Crippen LogP contribution in [0.25, 0.3) is 11.6 Å². The Morgan fingerprint density at radius 2 is 1.52 bits per heavy atom. The summed E-state index contributed by atoms with van der Waals surface area (Å²) in [5.41, 5.74) is 1.96. The van der Waals surface area contributed by atoms with Crippen LogP contribution in [0.3, 0.4) is 0 Å². The van der Waals surface area contributed by atoms with Gasteiger partial charge < -0.3 is 0 Å². The van der Waals surface area contributed by atoms with Crippen LogP contribution in [0.1, 0.15) is 29.4 Å². The van der Waals surface area contributed by atoms with Crippen LogP contribution in [0.4, 0.5) is 4.39 Å². The monoisotopic (exact) mass is 326 g/mol. The molecular formula is C17H12ClFN4. The van der Waals surface area contributed by atoms with E-state index in [1.165, 1.54) is 6.07 Å². The SMILES string of the molecule is Fc1cc(Cl)cc(C2CC2c2cnc(-c3ncccn3)nc2)c1. The van der Waals surface area contributed by atoms with E-state index in [1.807, 2.05) is 6.07 Å². The minimum absolute atomic E-state index is 0.269. The molecule has 114 valence electrons. The van der Waals surface area contributed by atoms with E-state index in [0.29, 0.717) is 22.6 Å². The average Bonchev–Trinajstić information content (AvgIpc) is 3.36. The molecule has 2 unspecified atom stereocenters. The molecule has 0 N–H and O–H groups in total. The molecule has 1 saturated carbocycles. The van der Waals surface area contributed by atoms with Crippen LogP contribution in [-0.2, 0) is 0 Å². The van der Waals surface area contributed by atoms with Crippen LogP contribution >= 0.6 is 11.6 Å². The first-order valence-electron chi connectivity index (χ1n) is 7.26. The van der Waals surface area contributed by atoms with Gasteiger partial charge in [-0.1, -0.05) is 11.6 Å². The molecule has 6 heteroatoms. The highest BCUT2D eigenvalue weighted by Gasteiger charge is 2.40. The van der Waals surface area contributed by atoms with E-state index in [4.69, 9.17) is 11.6 Å². The summed E-state index contributed by atoms with van der Waals surface area (Å²) in [5, 5.41) is 0.429. The number of halogens is 2. The summed E-state index contributed by atoms with van der Waals surface area (Å²) in [6.07, 6.45) is 7.85. The molecule has 1 fully saturated rings. The molecule has 2 aromatic heterocycles. The molecule has 1 aliphatic carbocycles. The van der Waals surface area contributed by atoms with Gasteiger partial charge in [-0.15, -0.1) is 0 Å². The van der Waals surface area contributed by atoms with Gasteiger partial charge in [-0.05, 0) is 53.6 Å². The summed E-state index contributed by atoms with van der Waals surface area (Å²) in [7, 11) is 0. The van der Waals surface area contributed by atoms with E-state index in [0.717, 1.165) is 17.5 Å². The molecule has 4 nitrogen and oxygen atoms in total. The van der Waals surface area contributed by atoms with Crippen LogP contribution in [-0.4, -0.2) is 19.9 Å². The lowest BCUT2D eigenvalue weighted by molar-refractivity contribution is 0.625. The van der Waals surface area contributed by atoms with Crippen molar-refractivity contribution in [3.8, 4) is 11.6 Å². The van der Waals surface area contributed by atoms with E-state index >= 15 is 0 Å². The predicted molar refractivity (Wildman–Crippen MR) is 84.6 cm³/mol. The third-order valence-electron chi connectivity index (χ3n) is 3.97. The third kappa shape index (κ3) is 2.92. The van der Waals surface area contributed by atoms with Crippen molar-refractivity contribution < 1.29 is 4.39 Å². The summed E-state index contributed by atoms with van der Waals surface area (Å²) in [6.45, 7) is 0. The van der Waals surface area contributed by atoms with Crippen LogP contribution in [0.5, 0.6) is 0 Å². The Kier molecular flexibility index (Phi) is 3.50. The second kappa shape index (κ2) is 5.66. The number of aromatic nitrogens is 4. The highest BCUT2D eigenvalue weighted by molar-refractivity contribution is 6.30. The second-order valence-electron chi connectivity index (χ2n) is 5.56. The highest BCUT2D eigenvalue weighted by atomic mass is 35.5. The number of nitrogens with zero attached hydrogens (tertiary/aromatic N) is 4. The molecule has 0 bridgehead atoms. The lowest BCUT2D eigenvalue weighted by Gasteiger charge is -2.03. The maximum absolute atomic E-state index is 13.5. The fourth-order valence-corrected chi connectivity index (χ4v) is 3.01. The lowest BCUT2D eigenvalue weighted by atomic mass is 10.1. The van der Waals surface area contributed by atoms with E-state index in [9.17, 15) is 4.39 Å². The van der Waals surface area contributed by atoms with Crippen molar-refractivity contribution in [1.82, 2.24) is 19.9 Å². The largest absolute Gasteiger partial charge is 0.234 e. The van der Waals surface area contributed by atoms with Crippen molar-refractivity contribution >= 4 is 11.6 Å². The van der Waals surface area contributed by atoms with Gasteiger partial charge in [0.15, 0.2) is 11.6 Å². The summed E-state index contributed by atoms with van der Waals surface area (Å²) in [5.74, 6) is 1.28. The Hall–Kier alpha value is -2.40. The molecule has 0 aliphatic heterocycles. The Labute approximate surface area is 137 Å². The molecule has 3 aromatic rings. The number of hydrogen-bond acceptors (Lipinski definition) is 4. The molecule has 0 spiro atoms. The zero-order chi connectivity index (χ0) is 15.8. The lowest BCUT2D eigenvalue weighted by Crippen LogP contribution is -1.95. The normalized spacial score (nSPS) is 19.6. The molecule has 4 rings (SSSR count). The van der Waals surface area contributed by atoms with Crippen molar-refractivity contribution in [2.75, 3.05) is 0 Å². The molecule has 23 heavy (non-hydrogen) atoms. The van der Waals surface area contributed by atoms with Crippen molar-refractivity contribution in [2.45, 2.75) is 18.3 Å². The first-order valence-corrected chi connectivity index (χ1v) is 7.64. The van der Waals surface area contributed by atoms with Gasteiger partial charge in [0.25, 0.3) is 0 Å². The first kappa shape index (κ1) is 14.2. The standard InChI is InChI=1S/C17H12ClFN4/c18-12-4-10(5-13(19)6-12)14-7-15(14)11-8-22-17(23-9-11)16-20-2-1-3-21-16/h1-6,8-9,14-15H,7H2. The van der Waals surface area contributed by atoms with Gasteiger partial charge in [-0.25, -0.2) is 24.3 Å². The van der Waals surface area contributed by atoms with Crippen LogP contribution < -0.4 is 0 Å². The third-order valence-corrected chi connectivity index (χ3v) is 4.19. The molecule has 0 saturated heterocycles. The Morgan fingerprint density at radius 3 is 2.22 bits per heavy atom. The topological polar surface area (TPSA) is 51.6 Å². The Balaban J connectivity index is 1.54. The van der Waals surface area contributed by atoms with Gasteiger partial charge in [0.1, 0.15) is 5.82 Å². The second-order valence-corrected chi connectivity index (χ2v) is 6.00. The smallest absolute Gasteiger partial charge is 0.197 e.